The molecular formula is C22H27N5O4S2. The van der Waals surface area contributed by atoms with Gasteiger partial charge in [0.05, 0.1) is 16.3 Å². The number of aromatic nitrogens is 3. The fourth-order valence-corrected chi connectivity index (χ4v) is 5.83. The number of sulfonamides is 1. The second kappa shape index (κ2) is 9.62. The van der Waals surface area contributed by atoms with Crippen molar-refractivity contribution >= 4 is 27.3 Å². The zero-order valence-electron chi connectivity index (χ0n) is 18.6. The van der Waals surface area contributed by atoms with Crippen molar-refractivity contribution in [1.29, 1.82) is 0 Å². The third-order valence-corrected chi connectivity index (χ3v) is 8.52. The van der Waals surface area contributed by atoms with Crippen LogP contribution in [0.3, 0.4) is 0 Å². The van der Waals surface area contributed by atoms with Crippen LogP contribution in [0.1, 0.15) is 43.1 Å². The van der Waals surface area contributed by atoms with Gasteiger partial charge in [-0.15, -0.1) is 16.4 Å². The van der Waals surface area contributed by atoms with Gasteiger partial charge in [0.25, 0.3) is 5.91 Å². The molecule has 1 aliphatic carbocycles. The molecule has 0 unspecified atom stereocenters. The Morgan fingerprint density at radius 3 is 2.45 bits per heavy atom. The number of nitrogens with one attached hydrogen (secondary N) is 1. The van der Waals surface area contributed by atoms with Crippen molar-refractivity contribution in [2.24, 2.45) is 0 Å². The standard InChI is InChI=1S/C22H27N5O4S2/c1-3-25(4-2)33(30,31)18-11-7-16(8-12-18)21(28)23-13-14-26-22(29)27(17-9-10-17)20(24-26)19-6-5-15-32-19/h5-8,11-12,15,17H,3-4,9-10,13-14H2,1-2H3,(H,23,28). The molecule has 2 aromatic heterocycles. The quantitative estimate of drug-likeness (QED) is 0.471. The second-order valence-electron chi connectivity index (χ2n) is 7.78. The first-order chi connectivity index (χ1) is 15.9. The summed E-state index contributed by atoms with van der Waals surface area (Å²) in [5.41, 5.74) is 0.185. The minimum absolute atomic E-state index is 0.154. The van der Waals surface area contributed by atoms with Crippen molar-refractivity contribution in [2.45, 2.75) is 44.2 Å². The van der Waals surface area contributed by atoms with E-state index in [0.717, 1.165) is 17.7 Å². The van der Waals surface area contributed by atoms with Gasteiger partial charge in [-0.2, -0.15) is 4.31 Å². The molecule has 2 heterocycles. The molecule has 0 bridgehead atoms. The summed E-state index contributed by atoms with van der Waals surface area (Å²) in [5, 5.41) is 9.24. The fourth-order valence-electron chi connectivity index (χ4n) is 3.67. The van der Waals surface area contributed by atoms with Gasteiger partial charge in [-0.1, -0.05) is 19.9 Å². The maximum Gasteiger partial charge on any atom is 0.346 e. The molecule has 1 fully saturated rings. The molecule has 176 valence electrons. The van der Waals surface area contributed by atoms with E-state index in [0.29, 0.717) is 24.5 Å². The highest BCUT2D eigenvalue weighted by atomic mass is 32.2. The average molecular weight is 490 g/mol. The molecule has 1 N–H and O–H groups in total. The van der Waals surface area contributed by atoms with Crippen LogP contribution in [0.5, 0.6) is 0 Å². The van der Waals surface area contributed by atoms with Gasteiger partial charge in [0.1, 0.15) is 0 Å². The Labute approximate surface area is 196 Å². The zero-order chi connectivity index (χ0) is 23.6. The van der Waals surface area contributed by atoms with E-state index in [9.17, 15) is 18.0 Å². The summed E-state index contributed by atoms with van der Waals surface area (Å²) < 4.78 is 29.7. The molecule has 0 saturated heterocycles. The Hall–Kier alpha value is -2.76. The summed E-state index contributed by atoms with van der Waals surface area (Å²) in [6.45, 7) is 4.80. The number of benzene rings is 1. The first-order valence-corrected chi connectivity index (χ1v) is 13.3. The molecule has 0 spiro atoms. The highest BCUT2D eigenvalue weighted by Gasteiger charge is 2.30. The molecule has 3 aromatic rings. The molecule has 1 aromatic carbocycles. The van der Waals surface area contributed by atoms with E-state index in [2.05, 4.69) is 10.4 Å². The number of nitrogens with zero attached hydrogens (tertiary/aromatic N) is 4. The van der Waals surface area contributed by atoms with Gasteiger partial charge in [-0.25, -0.2) is 17.9 Å². The minimum atomic E-state index is -3.57. The smallest absolute Gasteiger partial charge is 0.346 e. The van der Waals surface area contributed by atoms with Gasteiger partial charge in [0.2, 0.25) is 10.0 Å². The first kappa shape index (κ1) is 23.4. The molecule has 1 aliphatic rings. The van der Waals surface area contributed by atoms with E-state index in [1.165, 1.54) is 44.6 Å². The van der Waals surface area contributed by atoms with E-state index in [-0.39, 0.29) is 35.6 Å². The Balaban J connectivity index is 1.41. The summed E-state index contributed by atoms with van der Waals surface area (Å²) in [6.07, 6.45) is 1.95. The summed E-state index contributed by atoms with van der Waals surface area (Å²) in [4.78, 5) is 26.5. The molecule has 0 aliphatic heterocycles. The van der Waals surface area contributed by atoms with Gasteiger partial charge < -0.3 is 5.32 Å². The number of amides is 1. The number of carbonyl (C=O) groups is 1. The minimum Gasteiger partial charge on any atom is -0.350 e. The first-order valence-electron chi connectivity index (χ1n) is 11.0. The van der Waals surface area contributed by atoms with Crippen molar-refractivity contribution in [3.63, 3.8) is 0 Å². The highest BCUT2D eigenvalue weighted by Crippen LogP contribution is 2.37. The number of thiophene rings is 1. The van der Waals surface area contributed by atoms with Gasteiger partial charge in [-0.05, 0) is 48.6 Å². The molecule has 1 saturated carbocycles. The maximum atomic E-state index is 12.8. The van der Waals surface area contributed by atoms with Crippen LogP contribution in [-0.2, 0) is 16.6 Å². The molecule has 9 nitrogen and oxygen atoms in total. The fraction of sp³-hybridized carbons (Fsp3) is 0.409. The summed E-state index contributed by atoms with van der Waals surface area (Å²) in [7, 11) is -3.57. The van der Waals surface area contributed by atoms with Gasteiger partial charge in [-0.3, -0.25) is 9.36 Å². The lowest BCUT2D eigenvalue weighted by Gasteiger charge is -2.18. The molecular weight excluding hydrogens is 462 g/mol. The average Bonchev–Trinajstić information content (AvgIpc) is 3.38. The topological polar surface area (TPSA) is 106 Å². The van der Waals surface area contributed by atoms with E-state index < -0.39 is 10.0 Å². The van der Waals surface area contributed by atoms with Crippen molar-refractivity contribution in [1.82, 2.24) is 24.0 Å². The summed E-state index contributed by atoms with van der Waals surface area (Å²) in [6, 6.07) is 9.95. The highest BCUT2D eigenvalue weighted by molar-refractivity contribution is 7.89. The van der Waals surface area contributed by atoms with Crippen LogP contribution in [0.15, 0.2) is 51.5 Å². The Morgan fingerprint density at radius 2 is 1.88 bits per heavy atom. The van der Waals surface area contributed by atoms with Gasteiger partial charge in [0, 0.05) is 31.2 Å². The van der Waals surface area contributed by atoms with E-state index in [1.807, 2.05) is 17.5 Å². The van der Waals surface area contributed by atoms with Gasteiger partial charge in [0.15, 0.2) is 5.82 Å². The van der Waals surface area contributed by atoms with Crippen molar-refractivity contribution in [2.75, 3.05) is 19.6 Å². The second-order valence-corrected chi connectivity index (χ2v) is 10.7. The Morgan fingerprint density at radius 1 is 1.18 bits per heavy atom. The number of rotatable bonds is 10. The largest absolute Gasteiger partial charge is 0.350 e. The van der Waals surface area contributed by atoms with E-state index in [1.54, 1.807) is 18.4 Å². The zero-order valence-corrected chi connectivity index (χ0v) is 20.2. The van der Waals surface area contributed by atoms with E-state index >= 15 is 0 Å². The van der Waals surface area contributed by atoms with Crippen LogP contribution in [-0.4, -0.2) is 52.6 Å². The lowest BCUT2D eigenvalue weighted by molar-refractivity contribution is 0.0951. The Kier molecular flexibility index (Phi) is 6.82. The third kappa shape index (κ3) is 4.80. The van der Waals surface area contributed by atoms with Crippen LogP contribution in [0, 0.1) is 0 Å². The maximum absolute atomic E-state index is 12.8. The van der Waals surface area contributed by atoms with E-state index in [4.69, 9.17) is 0 Å². The van der Waals surface area contributed by atoms with Crippen molar-refractivity contribution in [3.05, 3.63) is 57.8 Å². The van der Waals surface area contributed by atoms with Crippen molar-refractivity contribution < 1.29 is 13.2 Å². The number of hydrogen-bond acceptors (Lipinski definition) is 6. The number of hydrogen-bond donors (Lipinski definition) is 1. The SMILES string of the molecule is CCN(CC)S(=O)(=O)c1ccc(C(=O)NCCn2nc(-c3cccs3)n(C3CC3)c2=O)cc1. The van der Waals surface area contributed by atoms with Crippen LogP contribution >= 0.6 is 11.3 Å². The summed E-state index contributed by atoms with van der Waals surface area (Å²) in [5.74, 6) is 0.337. The summed E-state index contributed by atoms with van der Waals surface area (Å²) >= 11 is 1.54. The lowest BCUT2D eigenvalue weighted by atomic mass is 10.2. The van der Waals surface area contributed by atoms with Crippen LogP contribution in [0.25, 0.3) is 10.7 Å². The monoisotopic (exact) mass is 489 g/mol. The predicted octanol–water partition coefficient (Wildman–Crippen LogP) is 2.57. The third-order valence-electron chi connectivity index (χ3n) is 5.59. The molecule has 0 atom stereocenters. The molecule has 0 radical (unpaired) electrons. The predicted molar refractivity (Wildman–Crippen MR) is 127 cm³/mol. The number of carbonyl (C=O) groups excluding carboxylic acids is 1. The van der Waals surface area contributed by atoms with Crippen molar-refractivity contribution in [3.8, 4) is 10.7 Å². The molecule has 4 rings (SSSR count). The lowest BCUT2D eigenvalue weighted by Crippen LogP contribution is -2.32. The molecule has 1 amide bonds. The Bertz CT molecular complexity index is 1270. The molecule has 11 heteroatoms. The van der Waals surface area contributed by atoms with Crippen LogP contribution < -0.4 is 11.0 Å². The molecule has 33 heavy (non-hydrogen) atoms. The van der Waals surface area contributed by atoms with Crippen LogP contribution in [0.2, 0.25) is 0 Å². The van der Waals surface area contributed by atoms with Gasteiger partial charge >= 0.3 is 5.69 Å². The van der Waals surface area contributed by atoms with Crippen LogP contribution in [0.4, 0.5) is 0 Å². The normalized spacial score (nSPS) is 14.0.